The van der Waals surface area contributed by atoms with E-state index in [-0.39, 0.29) is 5.56 Å². The number of hydrogen-bond acceptors (Lipinski definition) is 4. The highest BCUT2D eigenvalue weighted by atomic mass is 16.5. The lowest BCUT2D eigenvalue weighted by Gasteiger charge is -2.26. The second kappa shape index (κ2) is 8.15. The van der Waals surface area contributed by atoms with E-state index in [0.717, 1.165) is 71.4 Å². The lowest BCUT2D eigenvalue weighted by Crippen LogP contribution is -2.26. The summed E-state index contributed by atoms with van der Waals surface area (Å²) in [7, 11) is 0. The van der Waals surface area contributed by atoms with Gasteiger partial charge in [0.15, 0.2) is 0 Å². The lowest BCUT2D eigenvalue weighted by atomic mass is 9.88. The van der Waals surface area contributed by atoms with Crippen molar-refractivity contribution in [3.05, 3.63) is 87.4 Å². The summed E-state index contributed by atoms with van der Waals surface area (Å²) < 4.78 is 6.42. The van der Waals surface area contributed by atoms with Gasteiger partial charge in [-0.2, -0.15) is 0 Å². The van der Waals surface area contributed by atoms with Crippen molar-refractivity contribution in [3.63, 3.8) is 0 Å². The largest absolute Gasteiger partial charge is 0.478 e. The maximum Gasteiger partial charge on any atom is 0.336 e. The molecule has 1 N–H and O–H groups in total. The summed E-state index contributed by atoms with van der Waals surface area (Å²) in [5.41, 5.74) is 5.08. The number of aryl methyl sites for hydroxylation is 1. The van der Waals surface area contributed by atoms with Gasteiger partial charge in [0.05, 0.1) is 10.9 Å². The normalized spacial score (nSPS) is 13.9. The summed E-state index contributed by atoms with van der Waals surface area (Å²) in [5, 5.41) is 11.8. The number of nitrogens with zero attached hydrogens (tertiary/aromatic N) is 2. The first-order valence-electron chi connectivity index (χ1n) is 11.2. The molecule has 0 bridgehead atoms. The molecule has 32 heavy (non-hydrogen) atoms. The number of benzene rings is 3. The van der Waals surface area contributed by atoms with Crippen molar-refractivity contribution in [1.29, 1.82) is 0 Å². The molecule has 0 amide bonds. The first-order valence-corrected chi connectivity index (χ1v) is 11.2. The van der Waals surface area contributed by atoms with Crippen LogP contribution < -0.4 is 20.2 Å². The fraction of sp³-hybridized carbons (Fsp3) is 0.259. The van der Waals surface area contributed by atoms with Crippen molar-refractivity contribution < 1.29 is 14.6 Å². The van der Waals surface area contributed by atoms with Crippen LogP contribution >= 0.6 is 0 Å². The zero-order valence-corrected chi connectivity index (χ0v) is 18.4. The Bertz CT molecular complexity index is 1340. The highest BCUT2D eigenvalue weighted by molar-refractivity contribution is 5.98. The standard InChI is InChI=1S/C27H26N2O3/c1-3-29(4-2)18-11-12-21-24(15-18)32-25-16-23-17(8-7-13-28-23)14-22(25)26(21)19-9-5-6-10-20(19)27(30)31/h5-6,9-12,14-16H,3-4,7-8,13H2,1-2H3,(H,30,31). The zero-order chi connectivity index (χ0) is 22.2. The number of carbonyl (C=O) groups is 1. The number of fused-ring (bicyclic) bond motifs is 3. The van der Waals surface area contributed by atoms with E-state index in [1.807, 2.05) is 18.2 Å². The first-order chi connectivity index (χ1) is 15.6. The molecule has 0 aliphatic carbocycles. The Morgan fingerprint density at radius 2 is 1.84 bits per heavy atom. The third-order valence-corrected chi connectivity index (χ3v) is 6.35. The monoisotopic (exact) mass is 426 g/mol. The van der Waals surface area contributed by atoms with E-state index in [9.17, 15) is 9.90 Å². The van der Waals surface area contributed by atoms with Crippen LogP contribution in [0.15, 0.2) is 59.6 Å². The Labute approximate surface area is 187 Å². The minimum absolute atomic E-state index is 0.288. The van der Waals surface area contributed by atoms with Crippen LogP contribution in [0.2, 0.25) is 0 Å². The maximum atomic E-state index is 12.1. The van der Waals surface area contributed by atoms with Crippen molar-refractivity contribution in [1.82, 2.24) is 0 Å². The molecule has 0 fully saturated rings. The third-order valence-electron chi connectivity index (χ3n) is 6.35. The second-order valence-corrected chi connectivity index (χ2v) is 8.14. The van der Waals surface area contributed by atoms with Crippen molar-refractivity contribution in [2.75, 3.05) is 24.5 Å². The van der Waals surface area contributed by atoms with E-state index in [1.165, 1.54) is 5.56 Å². The molecule has 0 aromatic heterocycles. The van der Waals surface area contributed by atoms with Gasteiger partial charge in [0.25, 0.3) is 0 Å². The lowest BCUT2D eigenvalue weighted by molar-refractivity contribution is 0.0696. The number of ether oxygens (including phenoxy) is 1. The van der Waals surface area contributed by atoms with Crippen LogP contribution in [0.4, 0.5) is 5.69 Å². The van der Waals surface area contributed by atoms with Gasteiger partial charge < -0.3 is 14.7 Å². The summed E-state index contributed by atoms with van der Waals surface area (Å²) >= 11 is 0. The van der Waals surface area contributed by atoms with E-state index in [4.69, 9.17) is 4.74 Å². The molecule has 5 nitrogen and oxygen atoms in total. The smallest absolute Gasteiger partial charge is 0.336 e. The van der Waals surface area contributed by atoms with Gasteiger partial charge in [-0.05, 0) is 62.1 Å². The van der Waals surface area contributed by atoms with Crippen LogP contribution in [-0.2, 0) is 6.42 Å². The minimum Gasteiger partial charge on any atom is -0.478 e. The molecule has 2 heterocycles. The SMILES string of the molecule is CCN(CC)c1ccc2c(c1)Oc1cc3c(cc1=C2c1ccccc1C(=O)O)CCCN=3. The Hall–Kier alpha value is -3.60. The molecular formula is C27H26N2O3. The summed E-state index contributed by atoms with van der Waals surface area (Å²) in [6, 6.07) is 17.6. The van der Waals surface area contributed by atoms with Gasteiger partial charge in [-0.25, -0.2) is 4.79 Å². The molecule has 0 spiro atoms. The molecular weight excluding hydrogens is 400 g/mol. The topological polar surface area (TPSA) is 62.1 Å². The van der Waals surface area contributed by atoms with Gasteiger partial charge in [0, 0.05) is 53.8 Å². The van der Waals surface area contributed by atoms with Crippen LogP contribution in [0.1, 0.15) is 47.3 Å². The minimum atomic E-state index is -0.935. The van der Waals surface area contributed by atoms with Gasteiger partial charge in [-0.1, -0.05) is 18.2 Å². The average molecular weight is 427 g/mol. The Balaban J connectivity index is 1.84. The van der Waals surface area contributed by atoms with Gasteiger partial charge in [0.2, 0.25) is 0 Å². The Morgan fingerprint density at radius 1 is 1.03 bits per heavy atom. The molecule has 0 unspecified atom stereocenters. The second-order valence-electron chi connectivity index (χ2n) is 8.14. The Kier molecular flexibility index (Phi) is 5.17. The van der Waals surface area contributed by atoms with E-state index < -0.39 is 5.97 Å². The number of rotatable bonds is 5. The van der Waals surface area contributed by atoms with Crippen molar-refractivity contribution in [2.45, 2.75) is 26.7 Å². The molecule has 0 saturated heterocycles. The molecule has 0 saturated carbocycles. The van der Waals surface area contributed by atoms with Gasteiger partial charge in [0.1, 0.15) is 11.5 Å². The summed E-state index contributed by atoms with van der Waals surface area (Å²) in [5.74, 6) is 0.539. The van der Waals surface area contributed by atoms with Crippen LogP contribution in [0.25, 0.3) is 5.57 Å². The fourth-order valence-electron chi connectivity index (χ4n) is 4.74. The Morgan fingerprint density at radius 3 is 2.62 bits per heavy atom. The van der Waals surface area contributed by atoms with E-state index in [2.05, 4.69) is 48.0 Å². The maximum absolute atomic E-state index is 12.1. The first kappa shape index (κ1) is 20.3. The molecule has 2 aliphatic heterocycles. The molecule has 5 rings (SSSR count). The molecule has 3 aromatic rings. The van der Waals surface area contributed by atoms with Crippen LogP contribution in [0.5, 0.6) is 11.5 Å². The quantitative estimate of drug-likeness (QED) is 0.521. The van der Waals surface area contributed by atoms with E-state index in [0.29, 0.717) is 5.56 Å². The summed E-state index contributed by atoms with van der Waals surface area (Å²) in [4.78, 5) is 19.0. The number of carboxylic acids is 1. The van der Waals surface area contributed by atoms with Crippen LogP contribution in [0, 0.1) is 0 Å². The fourth-order valence-corrected chi connectivity index (χ4v) is 4.74. The highest BCUT2D eigenvalue weighted by Crippen LogP contribution is 2.39. The third kappa shape index (κ3) is 3.34. The highest BCUT2D eigenvalue weighted by Gasteiger charge is 2.25. The zero-order valence-electron chi connectivity index (χ0n) is 18.4. The molecule has 0 atom stereocenters. The van der Waals surface area contributed by atoms with Gasteiger partial charge >= 0.3 is 5.97 Å². The van der Waals surface area contributed by atoms with Crippen molar-refractivity contribution >= 4 is 17.2 Å². The average Bonchev–Trinajstić information content (AvgIpc) is 2.82. The molecule has 5 heteroatoms. The summed E-state index contributed by atoms with van der Waals surface area (Å²) in [6.45, 7) is 6.89. The van der Waals surface area contributed by atoms with Crippen molar-refractivity contribution in [2.24, 2.45) is 4.99 Å². The van der Waals surface area contributed by atoms with E-state index in [1.54, 1.807) is 12.1 Å². The van der Waals surface area contributed by atoms with Gasteiger partial charge in [-0.15, -0.1) is 0 Å². The number of carboxylic acid groups (broad SMARTS) is 1. The number of aromatic carboxylic acids is 1. The predicted octanol–water partition coefficient (Wildman–Crippen LogP) is 4.15. The van der Waals surface area contributed by atoms with Crippen LogP contribution in [0.3, 0.4) is 0 Å². The predicted molar refractivity (Wildman–Crippen MR) is 126 cm³/mol. The molecule has 162 valence electrons. The molecule has 3 aromatic carbocycles. The van der Waals surface area contributed by atoms with Crippen LogP contribution in [-0.4, -0.2) is 30.7 Å². The number of hydrogen-bond donors (Lipinski definition) is 1. The van der Waals surface area contributed by atoms with Gasteiger partial charge in [-0.3, -0.25) is 4.99 Å². The summed E-state index contributed by atoms with van der Waals surface area (Å²) in [6.07, 6.45) is 1.99. The number of anilines is 1. The molecule has 0 radical (unpaired) electrons. The van der Waals surface area contributed by atoms with E-state index >= 15 is 0 Å². The molecule has 2 aliphatic rings. The van der Waals surface area contributed by atoms with Crippen molar-refractivity contribution in [3.8, 4) is 11.5 Å².